The van der Waals surface area contributed by atoms with Crippen LogP contribution in [0.5, 0.6) is 0 Å². The van der Waals surface area contributed by atoms with Crippen LogP contribution in [0.4, 0.5) is 4.48 Å². The minimum absolute atomic E-state index is 0.659. The third-order valence-corrected chi connectivity index (χ3v) is 1.47. The molecule has 1 nitrogen and oxygen atoms in total. The molecule has 0 heterocycles. The maximum absolute atomic E-state index is 9.00. The summed E-state index contributed by atoms with van der Waals surface area (Å²) in [4.78, 5) is 0. The molecule has 1 rings (SSSR count). The van der Waals surface area contributed by atoms with Crippen molar-refractivity contribution in [2.24, 2.45) is 5.96 Å². The van der Waals surface area contributed by atoms with Gasteiger partial charge in [0.1, 0.15) is 0 Å². The van der Waals surface area contributed by atoms with Crippen LogP contribution in [-0.4, -0.2) is 0 Å². The number of halogens is 1. The topological polar surface area (TPSA) is 26.0 Å². The molecule has 0 saturated carbocycles. The Bertz CT molecular complexity index is 172. The van der Waals surface area contributed by atoms with Crippen LogP contribution in [0.15, 0.2) is 30.3 Å². The Morgan fingerprint density at radius 2 is 1.55 bits per heavy atom. The minimum Gasteiger partial charge on any atom is -0.172 e. The second-order valence-corrected chi connectivity index (χ2v) is 2.57. The van der Waals surface area contributed by atoms with Crippen molar-refractivity contribution < 1.29 is 4.48 Å². The van der Waals surface area contributed by atoms with E-state index in [0.29, 0.717) is 5.92 Å². The number of nitrogens with two attached hydrogens (primary N) is 1. The molecule has 0 aliphatic carbocycles. The molecule has 1 aromatic rings. The molecule has 62 valence electrons. The van der Waals surface area contributed by atoms with Crippen molar-refractivity contribution in [3.8, 4) is 0 Å². The summed E-state index contributed by atoms with van der Waals surface area (Å²) in [7, 11) is 0. The monoisotopic (exact) mass is 155 g/mol. The zero-order valence-corrected chi connectivity index (χ0v) is 6.92. The highest BCUT2D eigenvalue weighted by molar-refractivity contribution is 5.17. The van der Waals surface area contributed by atoms with Gasteiger partial charge >= 0.3 is 0 Å². The summed E-state index contributed by atoms with van der Waals surface area (Å²) in [6.07, 6.45) is 0. The van der Waals surface area contributed by atoms with Gasteiger partial charge < -0.3 is 0 Å². The lowest BCUT2D eigenvalue weighted by atomic mass is 10.0. The number of hydrogen-bond acceptors (Lipinski definition) is 1. The fraction of sp³-hybridized carbons (Fsp3) is 0.333. The van der Waals surface area contributed by atoms with Gasteiger partial charge in [-0.3, -0.25) is 0 Å². The van der Waals surface area contributed by atoms with Gasteiger partial charge in [0.25, 0.3) is 0 Å². The second kappa shape index (κ2) is 5.86. The zero-order chi connectivity index (χ0) is 8.69. The van der Waals surface area contributed by atoms with Crippen molar-refractivity contribution in [2.45, 2.75) is 19.8 Å². The maximum atomic E-state index is 9.00. The van der Waals surface area contributed by atoms with Crippen LogP contribution in [-0.2, 0) is 0 Å². The van der Waals surface area contributed by atoms with E-state index in [9.17, 15) is 0 Å². The summed E-state index contributed by atoms with van der Waals surface area (Å²) in [6, 6.07) is 10.5. The summed E-state index contributed by atoms with van der Waals surface area (Å²) in [6.45, 7) is 4.41. The first kappa shape index (κ1) is 10.1. The zero-order valence-electron chi connectivity index (χ0n) is 6.92. The van der Waals surface area contributed by atoms with Crippen molar-refractivity contribution in [3.05, 3.63) is 35.9 Å². The van der Waals surface area contributed by atoms with Gasteiger partial charge in [0.2, 0.25) is 0 Å². The summed E-state index contributed by atoms with van der Waals surface area (Å²) in [5.41, 5.74) is 1.41. The minimum atomic E-state index is 0.659. The molecule has 11 heavy (non-hydrogen) atoms. The van der Waals surface area contributed by atoms with Gasteiger partial charge in [0, 0.05) is 0 Å². The third kappa shape index (κ3) is 3.73. The molecule has 0 bridgehead atoms. The van der Waals surface area contributed by atoms with Gasteiger partial charge in [-0.05, 0) is 11.5 Å². The lowest BCUT2D eigenvalue weighted by Crippen LogP contribution is -1.83. The Morgan fingerprint density at radius 3 is 1.82 bits per heavy atom. The molecule has 0 aromatic heterocycles. The highest BCUT2D eigenvalue weighted by Gasteiger charge is 1.93. The van der Waals surface area contributed by atoms with E-state index in [-0.39, 0.29) is 0 Å². The molecule has 2 heteroatoms. The van der Waals surface area contributed by atoms with E-state index in [1.807, 2.05) is 6.07 Å². The van der Waals surface area contributed by atoms with Gasteiger partial charge in [0.15, 0.2) is 0 Å². The van der Waals surface area contributed by atoms with Crippen LogP contribution in [0.25, 0.3) is 0 Å². The Hall–Kier alpha value is -0.890. The summed E-state index contributed by atoms with van der Waals surface area (Å²) in [5.74, 6) is 3.66. The number of benzene rings is 1. The van der Waals surface area contributed by atoms with Crippen LogP contribution < -0.4 is 5.96 Å². The van der Waals surface area contributed by atoms with Crippen molar-refractivity contribution in [2.75, 3.05) is 0 Å². The van der Waals surface area contributed by atoms with Crippen LogP contribution in [0.2, 0.25) is 0 Å². The highest BCUT2D eigenvalue weighted by atomic mass is 19.2. The quantitative estimate of drug-likeness (QED) is 0.620. The molecule has 0 unspecified atom stereocenters. The van der Waals surface area contributed by atoms with E-state index < -0.39 is 0 Å². The number of rotatable bonds is 1. The molecule has 0 saturated heterocycles. The van der Waals surface area contributed by atoms with E-state index in [1.54, 1.807) is 0 Å². The molecule has 1 aromatic carbocycles. The van der Waals surface area contributed by atoms with Crippen molar-refractivity contribution in [3.63, 3.8) is 0 Å². The Morgan fingerprint density at radius 1 is 1.09 bits per heavy atom. The predicted octanol–water partition coefficient (Wildman–Crippen LogP) is 2.64. The van der Waals surface area contributed by atoms with E-state index in [0.717, 1.165) is 0 Å². The molecule has 0 aliphatic heterocycles. The standard InChI is InChI=1S/C9H12.FH2N/c1-8(2)9-6-4-3-5-7-9;1-2/h3-8H,1-2H3;2H2. The molecule has 0 aliphatic rings. The molecular weight excluding hydrogens is 141 g/mol. The molecule has 2 N–H and O–H groups in total. The van der Waals surface area contributed by atoms with Crippen molar-refractivity contribution >= 4 is 0 Å². The fourth-order valence-corrected chi connectivity index (χ4v) is 0.838. The Balaban J connectivity index is 0.000000461. The smallest absolute Gasteiger partial charge is 0.0219 e. The average Bonchev–Trinajstić information content (AvgIpc) is 2.10. The van der Waals surface area contributed by atoms with E-state index in [4.69, 9.17) is 4.48 Å². The molecule has 0 radical (unpaired) electrons. The average molecular weight is 155 g/mol. The Kier molecular flexibility index (Phi) is 5.39. The molecule has 0 fully saturated rings. The Labute approximate surface area is 67.0 Å². The number of hydrogen-bond donors (Lipinski definition) is 1. The molecule has 0 spiro atoms. The van der Waals surface area contributed by atoms with Crippen LogP contribution in [0.3, 0.4) is 0 Å². The molecule has 0 amide bonds. The lowest BCUT2D eigenvalue weighted by Gasteiger charge is -2.01. The van der Waals surface area contributed by atoms with Gasteiger partial charge in [-0.25, -0.2) is 0 Å². The summed E-state index contributed by atoms with van der Waals surface area (Å²) >= 11 is 0. The first-order chi connectivity index (χ1) is 5.30. The van der Waals surface area contributed by atoms with E-state index in [1.165, 1.54) is 5.56 Å². The van der Waals surface area contributed by atoms with Gasteiger partial charge in [-0.2, -0.15) is 5.96 Å². The van der Waals surface area contributed by atoms with Crippen molar-refractivity contribution in [1.29, 1.82) is 0 Å². The lowest BCUT2D eigenvalue weighted by molar-refractivity contribution is 0.530. The van der Waals surface area contributed by atoms with Crippen molar-refractivity contribution in [1.82, 2.24) is 0 Å². The second-order valence-electron chi connectivity index (χ2n) is 2.57. The first-order valence-electron chi connectivity index (χ1n) is 3.57. The largest absolute Gasteiger partial charge is 0.172 e. The molecule has 0 atom stereocenters. The third-order valence-electron chi connectivity index (χ3n) is 1.47. The van der Waals surface area contributed by atoms with Crippen LogP contribution >= 0.6 is 0 Å². The van der Waals surface area contributed by atoms with Gasteiger partial charge in [-0.1, -0.05) is 44.2 Å². The van der Waals surface area contributed by atoms with Gasteiger partial charge in [-0.15, -0.1) is 4.48 Å². The summed E-state index contributed by atoms with van der Waals surface area (Å²) < 4.78 is 9.00. The maximum Gasteiger partial charge on any atom is -0.0219 e. The molecular formula is C9H14FN. The highest BCUT2D eigenvalue weighted by Crippen LogP contribution is 2.11. The van der Waals surface area contributed by atoms with E-state index in [2.05, 4.69) is 44.1 Å². The SMILES string of the molecule is CC(C)c1ccccc1.NF. The van der Waals surface area contributed by atoms with E-state index >= 15 is 0 Å². The first-order valence-corrected chi connectivity index (χ1v) is 3.57. The van der Waals surface area contributed by atoms with Crippen LogP contribution in [0, 0.1) is 0 Å². The normalized spacial score (nSPS) is 8.82. The fourth-order valence-electron chi connectivity index (χ4n) is 0.838. The van der Waals surface area contributed by atoms with Gasteiger partial charge in [0.05, 0.1) is 0 Å². The predicted molar refractivity (Wildman–Crippen MR) is 45.8 cm³/mol. The summed E-state index contributed by atoms with van der Waals surface area (Å²) in [5, 5.41) is 0. The van der Waals surface area contributed by atoms with Crippen LogP contribution in [0.1, 0.15) is 25.3 Å².